The van der Waals surface area contributed by atoms with Gasteiger partial charge in [-0.25, -0.2) is 0 Å². The van der Waals surface area contributed by atoms with Gasteiger partial charge in [-0.3, -0.25) is 0 Å². The van der Waals surface area contributed by atoms with Crippen LogP contribution in [0.3, 0.4) is 0 Å². The smallest absolute Gasteiger partial charge is 0.0991 e. The maximum Gasteiger partial charge on any atom is 0.0991 e. The minimum absolute atomic E-state index is 0.708. The summed E-state index contributed by atoms with van der Waals surface area (Å²) < 4.78 is 0. The third-order valence-corrected chi connectivity index (χ3v) is 16.1. The first kappa shape index (κ1) is 36.4. The van der Waals surface area contributed by atoms with Crippen molar-refractivity contribution in [3.8, 4) is 61.7 Å². The Morgan fingerprint density at radius 3 is 1.49 bits per heavy atom. The van der Waals surface area contributed by atoms with E-state index < -0.39 is 0 Å². The number of benzene rings is 13. The first-order valence-corrected chi connectivity index (χ1v) is 23.7. The van der Waals surface area contributed by atoms with Gasteiger partial charge in [0, 0.05) is 0 Å². The van der Waals surface area contributed by atoms with E-state index in [9.17, 15) is 5.26 Å². The van der Waals surface area contributed by atoms with Gasteiger partial charge in [-0.1, -0.05) is 164 Å². The normalized spacial score (nSPS) is 12.5. The Hall–Kier alpha value is -8.83. The van der Waals surface area contributed by atoms with Crippen molar-refractivity contribution in [2.24, 2.45) is 0 Å². The van der Waals surface area contributed by atoms with Crippen LogP contribution in [0.25, 0.3) is 163 Å². The molecule has 0 bridgehead atoms. The van der Waals surface area contributed by atoms with Gasteiger partial charge in [0.1, 0.15) is 0 Å². The number of nitriles is 1. The molecule has 0 unspecified atom stereocenters. The molecule has 310 valence electrons. The monoisotopic (exact) mass is 855 g/mol. The van der Waals surface area contributed by atoms with Crippen molar-refractivity contribution >= 4 is 108 Å². The number of hydrogen-bond donors (Lipinski definition) is 0. The van der Waals surface area contributed by atoms with Crippen LogP contribution in [0.2, 0.25) is 0 Å². The SMILES string of the molecule is Cc1cc(C#N)cc(C)c1-c1ccc2c(c1)-c1ccc3c4ccc5c6c(ccc(c7ccc-2c1c73)c46)c1c(-c2ccccc2-c2ccccc2)c2cc3ccccc3c3c4ccccc4c(c51)c23. The van der Waals surface area contributed by atoms with Crippen LogP contribution >= 0.6 is 0 Å². The van der Waals surface area contributed by atoms with Crippen LogP contribution < -0.4 is 0 Å². The lowest BCUT2D eigenvalue weighted by molar-refractivity contribution is 1.35. The Kier molecular flexibility index (Phi) is 6.82. The predicted molar refractivity (Wildman–Crippen MR) is 290 cm³/mol. The Morgan fingerprint density at radius 1 is 0.279 bits per heavy atom. The molecule has 0 aliphatic heterocycles. The first-order valence-electron chi connectivity index (χ1n) is 23.7. The fraction of sp³-hybridized carbons (Fsp3) is 0.0299. The number of hydrogen-bond acceptors (Lipinski definition) is 1. The van der Waals surface area contributed by atoms with Crippen LogP contribution in [0.15, 0.2) is 188 Å². The van der Waals surface area contributed by atoms with Crippen LogP contribution in [0, 0.1) is 25.2 Å². The number of aryl methyl sites for hydroxylation is 2. The molecular weight excluding hydrogens is 819 g/mol. The lowest BCUT2D eigenvalue weighted by Crippen LogP contribution is -1.91. The van der Waals surface area contributed by atoms with Crippen LogP contribution in [0.5, 0.6) is 0 Å². The Labute approximate surface area is 391 Å². The van der Waals surface area contributed by atoms with E-state index in [-0.39, 0.29) is 0 Å². The van der Waals surface area contributed by atoms with Crippen LogP contribution in [0.1, 0.15) is 16.7 Å². The van der Waals surface area contributed by atoms with E-state index in [1.54, 1.807) is 0 Å². The highest BCUT2D eigenvalue weighted by molar-refractivity contribution is 6.52. The van der Waals surface area contributed by atoms with Crippen molar-refractivity contribution in [3.05, 3.63) is 205 Å². The number of rotatable bonds is 3. The highest BCUT2D eigenvalue weighted by Gasteiger charge is 2.30. The predicted octanol–water partition coefficient (Wildman–Crippen LogP) is 18.7. The van der Waals surface area contributed by atoms with Crippen molar-refractivity contribution in [3.63, 3.8) is 0 Å². The minimum Gasteiger partial charge on any atom is -0.192 e. The molecule has 0 amide bonds. The molecule has 68 heavy (non-hydrogen) atoms. The zero-order valence-corrected chi connectivity index (χ0v) is 37.3. The van der Waals surface area contributed by atoms with E-state index >= 15 is 0 Å². The van der Waals surface area contributed by atoms with E-state index in [1.807, 2.05) is 12.1 Å². The lowest BCUT2D eigenvalue weighted by Gasteiger charge is -2.17. The molecular formula is C67H37N. The molecule has 0 saturated heterocycles. The average Bonchev–Trinajstić information content (AvgIpc) is 4.02. The summed E-state index contributed by atoms with van der Waals surface area (Å²) in [7, 11) is 0. The van der Waals surface area contributed by atoms with Crippen molar-refractivity contribution in [2.75, 3.05) is 0 Å². The Morgan fingerprint density at radius 2 is 0.765 bits per heavy atom. The van der Waals surface area contributed by atoms with Crippen molar-refractivity contribution in [1.82, 2.24) is 0 Å². The van der Waals surface area contributed by atoms with Crippen LogP contribution in [-0.4, -0.2) is 0 Å². The zero-order valence-electron chi connectivity index (χ0n) is 37.3. The second kappa shape index (κ2) is 12.7. The second-order valence-electron chi connectivity index (χ2n) is 19.4. The zero-order chi connectivity index (χ0) is 44.7. The molecule has 1 aliphatic carbocycles. The maximum absolute atomic E-state index is 9.68. The van der Waals surface area contributed by atoms with E-state index in [2.05, 4.69) is 196 Å². The summed E-state index contributed by atoms with van der Waals surface area (Å²) >= 11 is 0. The molecule has 0 saturated carbocycles. The highest BCUT2D eigenvalue weighted by Crippen LogP contribution is 2.58. The summed E-state index contributed by atoms with van der Waals surface area (Å²) in [5, 5.41) is 36.3. The molecule has 0 N–H and O–H groups in total. The average molecular weight is 856 g/mol. The van der Waals surface area contributed by atoms with Gasteiger partial charge >= 0.3 is 0 Å². The minimum atomic E-state index is 0.708. The van der Waals surface area contributed by atoms with Gasteiger partial charge in [-0.05, 0) is 213 Å². The number of fused-ring (bicyclic) bond motifs is 14. The molecule has 16 rings (SSSR count). The highest BCUT2D eigenvalue weighted by atomic mass is 14.3. The van der Waals surface area contributed by atoms with Gasteiger partial charge in [0.25, 0.3) is 0 Å². The molecule has 0 radical (unpaired) electrons. The summed E-state index contributed by atoms with van der Waals surface area (Å²) in [5.74, 6) is 0. The molecule has 0 spiro atoms. The summed E-state index contributed by atoms with van der Waals surface area (Å²) in [6, 6.07) is 73.4. The number of nitrogens with zero attached hydrogens (tertiary/aromatic N) is 1. The fourth-order valence-electron chi connectivity index (χ4n) is 13.6. The van der Waals surface area contributed by atoms with Gasteiger partial charge in [-0.2, -0.15) is 5.26 Å². The second-order valence-corrected chi connectivity index (χ2v) is 19.4. The first-order chi connectivity index (χ1) is 33.6. The standard InChI is InChI=1S/C67H37N/c1-35-30-37(34-68)31-36(2)57(35)40-20-21-43-47-22-23-48-50-26-28-53-63-54(29-27-51(61(50)63)49-24-25-52(55(43)33-40)59(47)60(48)49)66-64-46-19-11-10-18-45(46)58-42-16-7-6-14-39(42)32-56(67(58)64)62(65(53)66)44-17-9-8-15-41(44)38-12-4-3-5-13-38/h3-33H,1-2H3. The van der Waals surface area contributed by atoms with Crippen molar-refractivity contribution < 1.29 is 0 Å². The molecule has 0 heterocycles. The van der Waals surface area contributed by atoms with E-state index in [1.165, 1.54) is 163 Å². The summed E-state index contributed by atoms with van der Waals surface area (Å²) in [6.07, 6.45) is 0. The van der Waals surface area contributed by atoms with E-state index in [0.717, 1.165) is 11.1 Å². The van der Waals surface area contributed by atoms with Crippen LogP contribution in [-0.2, 0) is 0 Å². The maximum atomic E-state index is 9.68. The van der Waals surface area contributed by atoms with Crippen molar-refractivity contribution in [1.29, 1.82) is 5.26 Å². The van der Waals surface area contributed by atoms with E-state index in [0.29, 0.717) is 5.56 Å². The van der Waals surface area contributed by atoms with Gasteiger partial charge in [0.2, 0.25) is 0 Å². The molecule has 0 fully saturated rings. The van der Waals surface area contributed by atoms with Gasteiger partial charge in [-0.15, -0.1) is 0 Å². The summed E-state index contributed by atoms with van der Waals surface area (Å²) in [6.45, 7) is 4.25. The third-order valence-electron chi connectivity index (χ3n) is 16.1. The largest absolute Gasteiger partial charge is 0.192 e. The summed E-state index contributed by atoms with van der Waals surface area (Å²) in [4.78, 5) is 0. The Balaban J connectivity index is 1.05. The van der Waals surface area contributed by atoms with Gasteiger partial charge in [0.05, 0.1) is 11.6 Å². The quantitative estimate of drug-likeness (QED) is 0.128. The molecule has 1 nitrogen and oxygen atoms in total. The van der Waals surface area contributed by atoms with Crippen LogP contribution in [0.4, 0.5) is 0 Å². The molecule has 1 aliphatic rings. The fourth-order valence-corrected chi connectivity index (χ4v) is 13.6. The van der Waals surface area contributed by atoms with Gasteiger partial charge < -0.3 is 0 Å². The van der Waals surface area contributed by atoms with E-state index in [4.69, 9.17) is 0 Å². The summed E-state index contributed by atoms with van der Waals surface area (Å²) in [5.41, 5.74) is 15.6. The molecule has 0 aromatic heterocycles. The van der Waals surface area contributed by atoms with Crippen molar-refractivity contribution in [2.45, 2.75) is 13.8 Å². The van der Waals surface area contributed by atoms with Gasteiger partial charge in [0.15, 0.2) is 0 Å². The Bertz CT molecular complexity index is 4750. The molecule has 15 aromatic rings. The molecule has 0 atom stereocenters. The third kappa shape index (κ3) is 4.37. The topological polar surface area (TPSA) is 23.8 Å². The lowest BCUT2D eigenvalue weighted by atomic mass is 9.85. The molecule has 15 aromatic carbocycles. The molecule has 1 heteroatoms.